The van der Waals surface area contributed by atoms with E-state index in [-0.39, 0.29) is 18.5 Å². The number of nitrogens with zero attached hydrogens (tertiary/aromatic N) is 3. The van der Waals surface area contributed by atoms with Crippen molar-refractivity contribution in [2.75, 3.05) is 46.4 Å². The van der Waals surface area contributed by atoms with Crippen LogP contribution < -0.4 is 5.32 Å². The van der Waals surface area contributed by atoms with E-state index < -0.39 is 12.0 Å². The molecular weight excluding hydrogens is 384 g/mol. The van der Waals surface area contributed by atoms with Gasteiger partial charge < -0.3 is 15.0 Å². The van der Waals surface area contributed by atoms with E-state index in [1.165, 1.54) is 4.90 Å². The van der Waals surface area contributed by atoms with Gasteiger partial charge in [0.25, 0.3) is 0 Å². The van der Waals surface area contributed by atoms with Crippen LogP contribution in [0.25, 0.3) is 0 Å². The lowest BCUT2D eigenvalue weighted by Gasteiger charge is -2.39. The van der Waals surface area contributed by atoms with Crippen LogP contribution in [0.5, 0.6) is 0 Å². The second kappa shape index (κ2) is 9.30. The molecule has 1 fully saturated rings. The van der Waals surface area contributed by atoms with Crippen molar-refractivity contribution < 1.29 is 19.1 Å². The molecular formula is C22H30N4O4. The van der Waals surface area contributed by atoms with E-state index in [2.05, 4.69) is 10.2 Å². The summed E-state index contributed by atoms with van der Waals surface area (Å²) < 4.78 is 5.37. The minimum absolute atomic E-state index is 0.0646. The van der Waals surface area contributed by atoms with E-state index in [0.29, 0.717) is 44.0 Å². The summed E-state index contributed by atoms with van der Waals surface area (Å²) in [5, 5.41) is 2.95. The van der Waals surface area contributed by atoms with Crippen LogP contribution in [0.1, 0.15) is 31.0 Å². The summed E-state index contributed by atoms with van der Waals surface area (Å²) in [5.74, 6) is -0.358. The molecule has 1 unspecified atom stereocenters. The van der Waals surface area contributed by atoms with E-state index in [1.54, 1.807) is 20.9 Å². The van der Waals surface area contributed by atoms with Crippen molar-refractivity contribution in [1.29, 1.82) is 0 Å². The number of esters is 1. The number of benzene rings is 1. The number of hydrogen-bond acceptors (Lipinski definition) is 5. The molecule has 1 aromatic carbocycles. The average Bonchev–Trinajstić information content (AvgIpc) is 2.71. The number of hydrogen-bond donors (Lipinski definition) is 1. The van der Waals surface area contributed by atoms with Crippen molar-refractivity contribution in [2.45, 2.75) is 26.8 Å². The lowest BCUT2D eigenvalue weighted by molar-refractivity contribution is -0.139. The fourth-order valence-electron chi connectivity index (χ4n) is 3.93. The van der Waals surface area contributed by atoms with Crippen LogP contribution in [0.3, 0.4) is 0 Å². The Labute approximate surface area is 177 Å². The molecule has 2 aliphatic heterocycles. The summed E-state index contributed by atoms with van der Waals surface area (Å²) in [6, 6.07) is 6.94. The first-order chi connectivity index (χ1) is 14.3. The largest absolute Gasteiger partial charge is 0.463 e. The van der Waals surface area contributed by atoms with Crippen LogP contribution in [-0.4, -0.2) is 79.0 Å². The van der Waals surface area contributed by atoms with Crippen molar-refractivity contribution in [1.82, 2.24) is 20.0 Å². The summed E-state index contributed by atoms with van der Waals surface area (Å²) in [6.07, 6.45) is 0. The second-order valence-electron chi connectivity index (χ2n) is 7.72. The van der Waals surface area contributed by atoms with Gasteiger partial charge in [-0.15, -0.1) is 0 Å². The predicted octanol–water partition coefficient (Wildman–Crippen LogP) is 1.67. The minimum atomic E-state index is -0.568. The van der Waals surface area contributed by atoms with Gasteiger partial charge in [0.15, 0.2) is 0 Å². The summed E-state index contributed by atoms with van der Waals surface area (Å²) in [5.41, 5.74) is 2.99. The highest BCUT2D eigenvalue weighted by atomic mass is 16.5. The molecule has 0 radical (unpaired) electrons. The third-order valence-corrected chi connectivity index (χ3v) is 5.64. The first kappa shape index (κ1) is 21.8. The molecule has 0 bridgehead atoms. The summed E-state index contributed by atoms with van der Waals surface area (Å²) in [4.78, 5) is 42.8. The number of amides is 3. The number of aryl methyl sites for hydroxylation is 1. The topological polar surface area (TPSA) is 82.2 Å². The molecule has 0 aliphatic carbocycles. The van der Waals surface area contributed by atoms with E-state index in [1.807, 2.05) is 36.1 Å². The van der Waals surface area contributed by atoms with Gasteiger partial charge in [0.1, 0.15) is 0 Å². The van der Waals surface area contributed by atoms with Crippen LogP contribution in [-0.2, 0) is 14.3 Å². The van der Waals surface area contributed by atoms with Crippen LogP contribution in [0.2, 0.25) is 0 Å². The molecule has 30 heavy (non-hydrogen) atoms. The number of rotatable bonds is 5. The third kappa shape index (κ3) is 4.64. The van der Waals surface area contributed by atoms with Gasteiger partial charge in [-0.25, -0.2) is 9.59 Å². The Hall–Kier alpha value is -2.87. The number of carbonyl (C=O) groups is 3. The van der Waals surface area contributed by atoms with E-state index >= 15 is 0 Å². The molecule has 3 rings (SSSR count). The molecule has 1 N–H and O–H groups in total. The first-order valence-corrected chi connectivity index (χ1v) is 10.3. The Morgan fingerprint density at radius 1 is 1.20 bits per heavy atom. The molecule has 2 aliphatic rings. The molecule has 1 atom stereocenters. The monoisotopic (exact) mass is 414 g/mol. The Kier molecular flexibility index (Phi) is 6.77. The highest BCUT2D eigenvalue weighted by molar-refractivity contribution is 5.95. The van der Waals surface area contributed by atoms with Gasteiger partial charge in [-0.2, -0.15) is 0 Å². The molecule has 1 saturated heterocycles. The first-order valence-electron chi connectivity index (χ1n) is 10.3. The SMILES string of the molecule is CCOC(=O)C1=C(CN2CCN(C(C)=O)CC2)N(C)C(=O)NC1c1cccc(C)c1. The fourth-order valence-corrected chi connectivity index (χ4v) is 3.93. The maximum atomic E-state index is 13.0. The van der Waals surface area contributed by atoms with E-state index in [4.69, 9.17) is 4.74 Å². The molecule has 0 saturated carbocycles. The summed E-state index contributed by atoms with van der Waals surface area (Å²) >= 11 is 0. The van der Waals surface area contributed by atoms with Gasteiger partial charge in [-0.05, 0) is 19.4 Å². The van der Waals surface area contributed by atoms with Gasteiger partial charge >= 0.3 is 12.0 Å². The highest BCUT2D eigenvalue weighted by Crippen LogP contribution is 2.32. The molecule has 0 spiro atoms. The fraction of sp³-hybridized carbons (Fsp3) is 0.500. The average molecular weight is 415 g/mol. The Balaban J connectivity index is 1.96. The molecule has 2 heterocycles. The number of ether oxygens (including phenoxy) is 1. The lowest BCUT2D eigenvalue weighted by atomic mass is 9.93. The van der Waals surface area contributed by atoms with Crippen molar-refractivity contribution in [3.05, 3.63) is 46.7 Å². The van der Waals surface area contributed by atoms with Gasteiger partial charge in [0.05, 0.1) is 18.2 Å². The van der Waals surface area contributed by atoms with Gasteiger partial charge in [0.2, 0.25) is 5.91 Å². The second-order valence-corrected chi connectivity index (χ2v) is 7.72. The molecule has 3 amide bonds. The zero-order chi connectivity index (χ0) is 21.8. The summed E-state index contributed by atoms with van der Waals surface area (Å²) in [6.45, 7) is 8.64. The Morgan fingerprint density at radius 3 is 2.50 bits per heavy atom. The molecule has 0 aromatic heterocycles. The Morgan fingerprint density at radius 2 is 1.90 bits per heavy atom. The lowest BCUT2D eigenvalue weighted by Crippen LogP contribution is -2.52. The number of likely N-dealkylation sites (N-methyl/N-ethyl adjacent to an activating group) is 1. The molecule has 162 valence electrons. The number of nitrogens with one attached hydrogen (secondary N) is 1. The standard InChI is InChI=1S/C22H30N4O4/c1-5-30-21(28)19-18(14-25-9-11-26(12-10-25)16(3)27)24(4)22(29)23-20(19)17-8-6-7-15(2)13-17/h6-8,13,20H,5,9-12,14H2,1-4H3,(H,23,29). The molecule has 8 heteroatoms. The number of carbonyl (C=O) groups excluding carboxylic acids is 3. The van der Waals surface area contributed by atoms with Gasteiger partial charge in [-0.3, -0.25) is 14.6 Å². The normalized spacial score (nSPS) is 20.3. The van der Waals surface area contributed by atoms with E-state index in [0.717, 1.165) is 11.1 Å². The zero-order valence-electron chi connectivity index (χ0n) is 18.1. The van der Waals surface area contributed by atoms with Crippen molar-refractivity contribution in [2.24, 2.45) is 0 Å². The van der Waals surface area contributed by atoms with Crippen molar-refractivity contribution in [3.8, 4) is 0 Å². The summed E-state index contributed by atoms with van der Waals surface area (Å²) in [7, 11) is 1.67. The Bertz CT molecular complexity index is 858. The van der Waals surface area contributed by atoms with E-state index in [9.17, 15) is 14.4 Å². The van der Waals surface area contributed by atoms with Crippen LogP contribution in [0.15, 0.2) is 35.5 Å². The van der Waals surface area contributed by atoms with Crippen LogP contribution >= 0.6 is 0 Å². The highest BCUT2D eigenvalue weighted by Gasteiger charge is 2.37. The zero-order valence-corrected chi connectivity index (χ0v) is 18.1. The maximum absolute atomic E-state index is 13.0. The molecule has 1 aromatic rings. The molecule has 8 nitrogen and oxygen atoms in total. The van der Waals surface area contributed by atoms with Crippen LogP contribution in [0.4, 0.5) is 4.79 Å². The van der Waals surface area contributed by atoms with Crippen molar-refractivity contribution in [3.63, 3.8) is 0 Å². The smallest absolute Gasteiger partial charge is 0.338 e. The number of piperazine rings is 1. The van der Waals surface area contributed by atoms with Gasteiger partial charge in [0, 0.05) is 52.4 Å². The quantitative estimate of drug-likeness (QED) is 0.742. The maximum Gasteiger partial charge on any atom is 0.338 e. The van der Waals surface area contributed by atoms with Gasteiger partial charge in [-0.1, -0.05) is 29.8 Å². The van der Waals surface area contributed by atoms with Crippen LogP contribution in [0, 0.1) is 6.92 Å². The minimum Gasteiger partial charge on any atom is -0.463 e. The third-order valence-electron chi connectivity index (χ3n) is 5.64. The van der Waals surface area contributed by atoms with Crippen molar-refractivity contribution >= 4 is 17.9 Å². The predicted molar refractivity (Wildman–Crippen MR) is 113 cm³/mol. The number of urea groups is 1.